The number of carbonyl (C=O) groups excluding carboxylic acids is 1. The Morgan fingerprint density at radius 2 is 2.03 bits per heavy atom. The molecule has 3 aromatic rings. The summed E-state index contributed by atoms with van der Waals surface area (Å²) in [7, 11) is 0. The molecule has 1 aliphatic heterocycles. The number of nitrogens with one attached hydrogen (secondary N) is 1. The van der Waals surface area contributed by atoms with E-state index in [1.165, 1.54) is 22.7 Å². The highest BCUT2D eigenvalue weighted by Gasteiger charge is 2.47. The van der Waals surface area contributed by atoms with Crippen molar-refractivity contribution >= 4 is 34.7 Å². The van der Waals surface area contributed by atoms with E-state index in [2.05, 4.69) is 20.3 Å². The first kappa shape index (κ1) is 20.5. The van der Waals surface area contributed by atoms with Crippen molar-refractivity contribution in [1.29, 1.82) is 0 Å². The predicted octanol–water partition coefficient (Wildman–Crippen LogP) is 0.456. The monoisotopic (exact) mass is 430 g/mol. The molecule has 0 saturated carbocycles. The first-order chi connectivity index (χ1) is 14.5. The van der Waals surface area contributed by atoms with E-state index in [4.69, 9.17) is 10.5 Å². The van der Waals surface area contributed by atoms with Crippen LogP contribution < -0.4 is 11.1 Å². The molecule has 0 bridgehead atoms. The van der Waals surface area contributed by atoms with E-state index < -0.39 is 30.4 Å². The van der Waals surface area contributed by atoms with E-state index in [1.807, 2.05) is 30.3 Å². The van der Waals surface area contributed by atoms with Gasteiger partial charge in [-0.1, -0.05) is 42.1 Å². The zero-order valence-corrected chi connectivity index (χ0v) is 17.0. The van der Waals surface area contributed by atoms with Gasteiger partial charge in [0.1, 0.15) is 17.7 Å². The Labute approximate surface area is 176 Å². The van der Waals surface area contributed by atoms with Gasteiger partial charge in [0.2, 0.25) is 0 Å². The number of hydrogen-bond acceptors (Lipinski definition) is 9. The standard InChI is InChI=1S/C19H22N6O4S/c1-2-21-17(28)14-12(26)13(27)18(29-14)25-9-22-11-15(20)23-19(24-16(11)25)30-8-10-6-4-3-5-7-10/h3-7,9,12-14,18,26-27H,2,8H2,1H3,(H,21,28)(H2,20,23,24)/t12-,13+,14-,18?/m0/s1. The number of likely N-dealkylation sites (N-methyl/N-ethyl adjacent to an activating group) is 1. The second kappa shape index (κ2) is 8.56. The van der Waals surface area contributed by atoms with Crippen LogP contribution in [0.15, 0.2) is 41.8 Å². The molecule has 30 heavy (non-hydrogen) atoms. The Balaban J connectivity index is 1.61. The molecule has 1 aromatic carbocycles. The van der Waals surface area contributed by atoms with Gasteiger partial charge >= 0.3 is 0 Å². The highest BCUT2D eigenvalue weighted by atomic mass is 32.2. The van der Waals surface area contributed by atoms with Crippen LogP contribution in [0.1, 0.15) is 18.7 Å². The van der Waals surface area contributed by atoms with Crippen LogP contribution in [0.4, 0.5) is 5.82 Å². The van der Waals surface area contributed by atoms with Gasteiger partial charge in [-0.25, -0.2) is 15.0 Å². The molecule has 0 spiro atoms. The van der Waals surface area contributed by atoms with Crippen molar-refractivity contribution < 1.29 is 19.7 Å². The maximum atomic E-state index is 12.1. The molecule has 1 aliphatic rings. The maximum Gasteiger partial charge on any atom is 0.252 e. The van der Waals surface area contributed by atoms with Crippen molar-refractivity contribution in [2.24, 2.45) is 0 Å². The van der Waals surface area contributed by atoms with Crippen molar-refractivity contribution in [3.8, 4) is 0 Å². The molecule has 1 amide bonds. The lowest BCUT2D eigenvalue weighted by Crippen LogP contribution is -2.42. The molecule has 1 unspecified atom stereocenters. The number of nitrogen functional groups attached to an aromatic ring is 1. The van der Waals surface area contributed by atoms with Crippen molar-refractivity contribution in [3.63, 3.8) is 0 Å². The van der Waals surface area contributed by atoms with Gasteiger partial charge in [0.15, 0.2) is 29.0 Å². The lowest BCUT2D eigenvalue weighted by atomic mass is 10.1. The quantitative estimate of drug-likeness (QED) is 0.323. The Kier molecular flexibility index (Phi) is 5.86. The van der Waals surface area contributed by atoms with Crippen LogP contribution in [0.5, 0.6) is 0 Å². The topological polar surface area (TPSA) is 148 Å². The zero-order chi connectivity index (χ0) is 21.3. The van der Waals surface area contributed by atoms with E-state index in [1.54, 1.807) is 6.92 Å². The maximum absolute atomic E-state index is 12.1. The molecule has 11 heteroatoms. The number of rotatable bonds is 6. The molecule has 4 rings (SSSR count). The number of nitrogens with two attached hydrogens (primary N) is 1. The van der Waals surface area contributed by atoms with Crippen LogP contribution in [0.25, 0.3) is 11.2 Å². The van der Waals surface area contributed by atoms with Crippen LogP contribution in [-0.4, -0.2) is 60.5 Å². The van der Waals surface area contributed by atoms with Gasteiger partial charge in [-0.2, -0.15) is 0 Å². The third kappa shape index (κ3) is 3.84. The van der Waals surface area contributed by atoms with Gasteiger partial charge in [-0.3, -0.25) is 9.36 Å². The first-order valence-electron chi connectivity index (χ1n) is 9.45. The minimum Gasteiger partial charge on any atom is -0.387 e. The zero-order valence-electron chi connectivity index (χ0n) is 16.2. The summed E-state index contributed by atoms with van der Waals surface area (Å²) in [6, 6.07) is 9.87. The fourth-order valence-electron chi connectivity index (χ4n) is 3.27. The van der Waals surface area contributed by atoms with Crippen LogP contribution in [0.2, 0.25) is 0 Å². The second-order valence-corrected chi connectivity index (χ2v) is 7.76. The van der Waals surface area contributed by atoms with Gasteiger partial charge in [-0.05, 0) is 12.5 Å². The Morgan fingerprint density at radius 1 is 1.27 bits per heavy atom. The summed E-state index contributed by atoms with van der Waals surface area (Å²) in [5.74, 6) is 0.354. The first-order valence-corrected chi connectivity index (χ1v) is 10.4. The molecule has 10 nitrogen and oxygen atoms in total. The summed E-state index contributed by atoms with van der Waals surface area (Å²) in [5.41, 5.74) is 7.87. The number of fused-ring (bicyclic) bond motifs is 1. The fraction of sp³-hybridized carbons (Fsp3) is 0.368. The largest absolute Gasteiger partial charge is 0.387 e. The lowest BCUT2D eigenvalue weighted by Gasteiger charge is -2.16. The smallest absolute Gasteiger partial charge is 0.252 e. The lowest BCUT2D eigenvalue weighted by molar-refractivity contribution is -0.137. The number of aliphatic hydroxyl groups is 2. The third-order valence-electron chi connectivity index (χ3n) is 4.76. The second-order valence-electron chi connectivity index (χ2n) is 6.81. The molecule has 2 aromatic heterocycles. The average molecular weight is 430 g/mol. The van der Waals surface area contributed by atoms with Gasteiger partial charge in [0, 0.05) is 12.3 Å². The number of ether oxygens (including phenoxy) is 1. The molecule has 0 radical (unpaired) electrons. The van der Waals surface area contributed by atoms with E-state index in [9.17, 15) is 15.0 Å². The highest BCUT2D eigenvalue weighted by molar-refractivity contribution is 7.98. The molecule has 5 N–H and O–H groups in total. The van der Waals surface area contributed by atoms with E-state index in [0.717, 1.165) is 5.56 Å². The number of aliphatic hydroxyl groups excluding tert-OH is 2. The summed E-state index contributed by atoms with van der Waals surface area (Å²) in [6.45, 7) is 2.14. The average Bonchev–Trinajstić information content (AvgIpc) is 3.29. The minimum atomic E-state index is -1.38. The molecule has 0 aliphatic carbocycles. The SMILES string of the molecule is CCNC(=O)[C@H]1OC(n2cnc3c(N)nc(SCc4ccccc4)nc32)[C@H](O)[C@@H]1O. The number of anilines is 1. The van der Waals surface area contributed by atoms with Crippen molar-refractivity contribution in [1.82, 2.24) is 24.8 Å². The molecule has 1 fully saturated rings. The van der Waals surface area contributed by atoms with Crippen LogP contribution in [0.3, 0.4) is 0 Å². The summed E-state index contributed by atoms with van der Waals surface area (Å²) in [5, 5.41) is 23.8. The van der Waals surface area contributed by atoms with Crippen molar-refractivity contribution in [3.05, 3.63) is 42.2 Å². The molecule has 3 heterocycles. The predicted molar refractivity (Wildman–Crippen MR) is 110 cm³/mol. The van der Waals surface area contributed by atoms with E-state index >= 15 is 0 Å². The molecule has 4 atom stereocenters. The number of nitrogens with zero attached hydrogens (tertiary/aromatic N) is 4. The van der Waals surface area contributed by atoms with E-state index in [0.29, 0.717) is 28.6 Å². The number of hydrogen-bond donors (Lipinski definition) is 4. The number of aromatic nitrogens is 4. The van der Waals surface area contributed by atoms with Crippen LogP contribution >= 0.6 is 11.8 Å². The van der Waals surface area contributed by atoms with Crippen LogP contribution in [-0.2, 0) is 15.3 Å². The Hall–Kier alpha value is -2.73. The Bertz CT molecular complexity index is 1050. The minimum absolute atomic E-state index is 0.197. The number of benzene rings is 1. The number of thioether (sulfide) groups is 1. The third-order valence-corrected chi connectivity index (χ3v) is 5.68. The summed E-state index contributed by atoms with van der Waals surface area (Å²) in [4.78, 5) is 25.2. The van der Waals surface area contributed by atoms with Gasteiger partial charge in [0.25, 0.3) is 5.91 Å². The van der Waals surface area contributed by atoms with Crippen LogP contribution in [0, 0.1) is 0 Å². The number of imidazole rings is 1. The van der Waals surface area contributed by atoms with E-state index in [-0.39, 0.29) is 5.82 Å². The molecular formula is C19H22N6O4S. The molecule has 1 saturated heterocycles. The van der Waals surface area contributed by atoms with Crippen molar-refractivity contribution in [2.75, 3.05) is 12.3 Å². The van der Waals surface area contributed by atoms with Gasteiger partial charge in [0.05, 0.1) is 6.33 Å². The number of carbonyl (C=O) groups is 1. The fourth-order valence-corrected chi connectivity index (χ4v) is 4.07. The number of amides is 1. The highest BCUT2D eigenvalue weighted by Crippen LogP contribution is 2.33. The van der Waals surface area contributed by atoms with Gasteiger partial charge < -0.3 is 26.0 Å². The Morgan fingerprint density at radius 3 is 2.77 bits per heavy atom. The van der Waals surface area contributed by atoms with Gasteiger partial charge in [-0.15, -0.1) is 0 Å². The summed E-state index contributed by atoms with van der Waals surface area (Å²) < 4.78 is 7.13. The normalized spacial score (nSPS) is 23.7. The summed E-state index contributed by atoms with van der Waals surface area (Å²) in [6.07, 6.45) is -3.56. The summed E-state index contributed by atoms with van der Waals surface area (Å²) >= 11 is 1.41. The molecule has 158 valence electrons. The molecular weight excluding hydrogens is 408 g/mol. The van der Waals surface area contributed by atoms with Crippen molar-refractivity contribution in [2.45, 2.75) is 42.4 Å².